The Bertz CT molecular complexity index is 747. The van der Waals surface area contributed by atoms with Crippen molar-refractivity contribution >= 4 is 5.69 Å². The number of nitrogen functional groups attached to an aromatic ring is 1. The van der Waals surface area contributed by atoms with E-state index in [-0.39, 0.29) is 17.8 Å². The summed E-state index contributed by atoms with van der Waals surface area (Å²) in [7, 11) is 1.54. The largest absolute Gasteiger partial charge is 0.496 e. The first-order valence-electron chi connectivity index (χ1n) is 6.79. The highest BCUT2D eigenvalue weighted by molar-refractivity contribution is 5.47. The summed E-state index contributed by atoms with van der Waals surface area (Å²) in [6.45, 7) is 2.69. The molecule has 0 aliphatic heterocycles. The number of hydrogen-bond acceptors (Lipinski definition) is 4. The van der Waals surface area contributed by atoms with Gasteiger partial charge in [-0.05, 0) is 24.6 Å². The summed E-state index contributed by atoms with van der Waals surface area (Å²) in [6.07, 6.45) is 2.35. The lowest BCUT2D eigenvalue weighted by Crippen LogP contribution is -2.39. The molecule has 21 heavy (non-hydrogen) atoms. The minimum Gasteiger partial charge on any atom is -0.496 e. The third-order valence-corrected chi connectivity index (χ3v) is 3.24. The average molecular weight is 289 g/mol. The second-order valence-electron chi connectivity index (χ2n) is 4.79. The van der Waals surface area contributed by atoms with Crippen molar-refractivity contribution in [2.75, 3.05) is 12.8 Å². The van der Waals surface area contributed by atoms with Gasteiger partial charge in [0.2, 0.25) is 0 Å². The Morgan fingerprint density at radius 1 is 1.24 bits per heavy atom. The van der Waals surface area contributed by atoms with Crippen LogP contribution in [0.3, 0.4) is 0 Å². The molecule has 6 nitrogen and oxygen atoms in total. The van der Waals surface area contributed by atoms with Gasteiger partial charge >= 0.3 is 5.69 Å². The van der Waals surface area contributed by atoms with Crippen LogP contribution in [0.4, 0.5) is 5.69 Å². The number of hydrogen-bond donors (Lipinski definition) is 1. The number of methoxy groups -OCH3 is 1. The van der Waals surface area contributed by atoms with Crippen LogP contribution in [-0.4, -0.2) is 16.2 Å². The van der Waals surface area contributed by atoms with Gasteiger partial charge in [0, 0.05) is 30.1 Å². The quantitative estimate of drug-likeness (QED) is 0.835. The molecule has 0 radical (unpaired) electrons. The molecule has 0 bridgehead atoms. The molecule has 0 aliphatic carbocycles. The van der Waals surface area contributed by atoms with Gasteiger partial charge < -0.3 is 15.0 Å². The molecule has 112 valence electrons. The molecule has 0 spiro atoms. The summed E-state index contributed by atoms with van der Waals surface area (Å²) in [4.78, 5) is 24.3. The van der Waals surface area contributed by atoms with Crippen molar-refractivity contribution in [3.05, 3.63) is 56.9 Å². The maximum absolute atomic E-state index is 12.3. The summed E-state index contributed by atoms with van der Waals surface area (Å²) < 4.78 is 7.97. The maximum atomic E-state index is 12.3. The molecule has 2 rings (SSSR count). The fraction of sp³-hybridized carbons (Fsp3) is 0.333. The third kappa shape index (κ3) is 3.16. The molecule has 0 saturated carbocycles. The van der Waals surface area contributed by atoms with E-state index in [2.05, 4.69) is 0 Å². The van der Waals surface area contributed by atoms with E-state index in [9.17, 15) is 9.59 Å². The monoisotopic (exact) mass is 289 g/mol. The van der Waals surface area contributed by atoms with E-state index in [0.717, 1.165) is 6.42 Å². The van der Waals surface area contributed by atoms with Crippen molar-refractivity contribution in [1.29, 1.82) is 0 Å². The standard InChI is InChI=1S/C15H19N3O3/c1-3-7-17-8-6-14(19)18(15(17)20)10-11-9-12(16)4-5-13(11)21-2/h4-6,8-9H,3,7,10,16H2,1-2H3. The fourth-order valence-electron chi connectivity index (χ4n) is 2.21. The normalized spacial score (nSPS) is 10.6. The summed E-state index contributed by atoms with van der Waals surface area (Å²) in [5.41, 5.74) is 6.36. The van der Waals surface area contributed by atoms with Crippen molar-refractivity contribution in [3.63, 3.8) is 0 Å². The van der Waals surface area contributed by atoms with Crippen LogP contribution in [-0.2, 0) is 13.1 Å². The van der Waals surface area contributed by atoms with Gasteiger partial charge in [0.25, 0.3) is 5.56 Å². The van der Waals surface area contributed by atoms with Crippen LogP contribution < -0.4 is 21.7 Å². The molecule has 6 heteroatoms. The zero-order chi connectivity index (χ0) is 15.4. The van der Waals surface area contributed by atoms with Gasteiger partial charge in [0.1, 0.15) is 5.75 Å². The topological polar surface area (TPSA) is 79.2 Å². The van der Waals surface area contributed by atoms with Crippen molar-refractivity contribution in [2.24, 2.45) is 0 Å². The van der Waals surface area contributed by atoms with Crippen molar-refractivity contribution < 1.29 is 4.74 Å². The number of nitrogens with zero attached hydrogens (tertiary/aromatic N) is 2. The first kappa shape index (κ1) is 14.9. The molecule has 0 fully saturated rings. The van der Waals surface area contributed by atoms with Crippen LogP contribution in [0.5, 0.6) is 5.75 Å². The zero-order valence-electron chi connectivity index (χ0n) is 12.2. The van der Waals surface area contributed by atoms with E-state index in [4.69, 9.17) is 10.5 Å². The minimum atomic E-state index is -0.336. The summed E-state index contributed by atoms with van der Waals surface area (Å²) in [5.74, 6) is 0.599. The van der Waals surface area contributed by atoms with Crippen molar-refractivity contribution in [3.8, 4) is 5.75 Å². The molecule has 0 amide bonds. The Morgan fingerprint density at radius 2 is 2.00 bits per heavy atom. The predicted molar refractivity (Wildman–Crippen MR) is 81.8 cm³/mol. The highest BCUT2D eigenvalue weighted by Gasteiger charge is 2.09. The molecule has 2 aromatic rings. The Kier molecular flexibility index (Phi) is 4.47. The number of aromatic nitrogens is 2. The van der Waals surface area contributed by atoms with Gasteiger partial charge in [-0.3, -0.25) is 9.36 Å². The molecule has 1 aromatic carbocycles. The Balaban J connectivity index is 2.49. The maximum Gasteiger partial charge on any atom is 0.331 e. The van der Waals surface area contributed by atoms with Gasteiger partial charge in [0.15, 0.2) is 0 Å². The van der Waals surface area contributed by atoms with Crippen molar-refractivity contribution in [1.82, 2.24) is 9.13 Å². The summed E-state index contributed by atoms with van der Waals surface area (Å²) in [6, 6.07) is 6.55. The van der Waals surface area contributed by atoms with E-state index < -0.39 is 0 Å². The van der Waals surface area contributed by atoms with Crippen LogP contribution in [0, 0.1) is 0 Å². The van der Waals surface area contributed by atoms with Gasteiger partial charge in [-0.15, -0.1) is 0 Å². The number of ether oxygens (including phenoxy) is 1. The molecule has 0 unspecified atom stereocenters. The lowest BCUT2D eigenvalue weighted by Gasteiger charge is -2.12. The highest BCUT2D eigenvalue weighted by atomic mass is 16.5. The first-order valence-corrected chi connectivity index (χ1v) is 6.79. The van der Waals surface area contributed by atoms with Crippen LogP contribution in [0.2, 0.25) is 0 Å². The number of benzene rings is 1. The zero-order valence-corrected chi connectivity index (χ0v) is 12.2. The minimum absolute atomic E-state index is 0.135. The fourth-order valence-corrected chi connectivity index (χ4v) is 2.21. The Hall–Kier alpha value is -2.50. The lowest BCUT2D eigenvalue weighted by molar-refractivity contribution is 0.407. The second kappa shape index (κ2) is 6.30. The van der Waals surface area contributed by atoms with Gasteiger partial charge in [0.05, 0.1) is 13.7 Å². The van der Waals surface area contributed by atoms with E-state index in [1.807, 2.05) is 6.92 Å². The SMILES string of the molecule is CCCn1ccc(=O)n(Cc2cc(N)ccc2OC)c1=O. The number of aryl methyl sites for hydroxylation is 1. The smallest absolute Gasteiger partial charge is 0.331 e. The average Bonchev–Trinajstić information content (AvgIpc) is 2.47. The molecule has 1 aromatic heterocycles. The molecule has 1 heterocycles. The van der Waals surface area contributed by atoms with E-state index in [0.29, 0.717) is 23.5 Å². The van der Waals surface area contributed by atoms with Crippen molar-refractivity contribution in [2.45, 2.75) is 26.4 Å². The van der Waals surface area contributed by atoms with Crippen LogP contribution in [0.1, 0.15) is 18.9 Å². The van der Waals surface area contributed by atoms with Crippen LogP contribution in [0.25, 0.3) is 0 Å². The van der Waals surface area contributed by atoms with E-state index in [1.54, 1.807) is 18.2 Å². The lowest BCUT2D eigenvalue weighted by atomic mass is 10.1. The summed E-state index contributed by atoms with van der Waals surface area (Å²) in [5, 5.41) is 0. The molecule has 0 atom stereocenters. The number of anilines is 1. The third-order valence-electron chi connectivity index (χ3n) is 3.24. The number of nitrogens with two attached hydrogens (primary N) is 1. The number of rotatable bonds is 5. The van der Waals surface area contributed by atoms with Gasteiger partial charge in [-0.25, -0.2) is 4.79 Å². The molecule has 0 aliphatic rings. The summed E-state index contributed by atoms with van der Waals surface area (Å²) >= 11 is 0. The Morgan fingerprint density at radius 3 is 2.67 bits per heavy atom. The van der Waals surface area contributed by atoms with Crippen LogP contribution >= 0.6 is 0 Å². The second-order valence-corrected chi connectivity index (χ2v) is 4.79. The predicted octanol–water partition coefficient (Wildman–Crippen LogP) is 1.06. The highest BCUT2D eigenvalue weighted by Crippen LogP contribution is 2.21. The molecule has 0 saturated heterocycles. The molecular formula is C15H19N3O3. The molecular weight excluding hydrogens is 270 g/mol. The van der Waals surface area contributed by atoms with E-state index in [1.165, 1.54) is 28.5 Å². The Labute approximate surface area is 122 Å². The van der Waals surface area contributed by atoms with Gasteiger partial charge in [-0.2, -0.15) is 0 Å². The first-order chi connectivity index (χ1) is 10.1. The van der Waals surface area contributed by atoms with Crippen LogP contribution in [0.15, 0.2) is 40.1 Å². The molecule has 2 N–H and O–H groups in total. The van der Waals surface area contributed by atoms with Gasteiger partial charge in [-0.1, -0.05) is 6.92 Å². The van der Waals surface area contributed by atoms with E-state index >= 15 is 0 Å².